The fraction of sp³-hybridized carbons (Fsp3) is 0.375. The molecule has 1 aromatic rings. The maximum absolute atomic E-state index is 4.05. The van der Waals surface area contributed by atoms with Crippen molar-refractivity contribution in [1.29, 1.82) is 0 Å². The van der Waals surface area contributed by atoms with E-state index in [1.807, 2.05) is 19.4 Å². The van der Waals surface area contributed by atoms with Crippen molar-refractivity contribution in [2.75, 3.05) is 5.33 Å². The Balaban J connectivity index is 2.50. The zero-order chi connectivity index (χ0) is 8.10. The van der Waals surface area contributed by atoms with E-state index < -0.39 is 0 Å². The Kier molecular flexibility index (Phi) is 3.36. The second-order valence-corrected chi connectivity index (χ2v) is 3.12. The first kappa shape index (κ1) is 8.53. The number of aryl methyl sites for hydroxylation is 1. The predicted octanol–water partition coefficient (Wildman–Crippen LogP) is 2.22. The summed E-state index contributed by atoms with van der Waals surface area (Å²) in [6, 6.07) is 0. The lowest BCUT2D eigenvalue weighted by atomic mass is 10.3. The van der Waals surface area contributed by atoms with Gasteiger partial charge >= 0.3 is 0 Å². The molecule has 60 valence electrons. The number of nitrogens with zero attached hydrogens (tertiary/aromatic N) is 2. The van der Waals surface area contributed by atoms with Gasteiger partial charge in [-0.05, 0) is 6.42 Å². The summed E-state index contributed by atoms with van der Waals surface area (Å²) in [5.74, 6) is 0. The van der Waals surface area contributed by atoms with E-state index in [1.165, 1.54) is 0 Å². The van der Waals surface area contributed by atoms with Crippen LogP contribution in [-0.2, 0) is 7.05 Å². The highest BCUT2D eigenvalue weighted by atomic mass is 79.9. The lowest BCUT2D eigenvalue weighted by molar-refractivity contribution is 0.767. The number of hydrogen-bond acceptors (Lipinski definition) is 1. The highest BCUT2D eigenvalue weighted by molar-refractivity contribution is 9.09. The quantitative estimate of drug-likeness (QED) is 0.707. The minimum Gasteiger partial charge on any atom is -0.275 e. The van der Waals surface area contributed by atoms with E-state index in [1.54, 1.807) is 4.68 Å². The number of allylic oxidation sites excluding steroid dienone is 1. The summed E-state index contributed by atoms with van der Waals surface area (Å²) in [6.45, 7) is 0. The van der Waals surface area contributed by atoms with Crippen molar-refractivity contribution in [2.45, 2.75) is 6.42 Å². The van der Waals surface area contributed by atoms with Gasteiger partial charge in [0.25, 0.3) is 0 Å². The highest BCUT2D eigenvalue weighted by Gasteiger charge is 1.87. The third-order valence-electron chi connectivity index (χ3n) is 1.31. The lowest BCUT2D eigenvalue weighted by Gasteiger charge is -1.83. The van der Waals surface area contributed by atoms with E-state index in [0.29, 0.717) is 0 Å². The normalized spacial score (nSPS) is 11.1. The molecule has 0 aliphatic carbocycles. The summed E-state index contributed by atoms with van der Waals surface area (Å²) in [7, 11) is 1.92. The van der Waals surface area contributed by atoms with E-state index in [4.69, 9.17) is 0 Å². The van der Waals surface area contributed by atoms with Crippen molar-refractivity contribution < 1.29 is 0 Å². The topological polar surface area (TPSA) is 17.8 Å². The molecule has 3 heteroatoms. The number of aromatic nitrogens is 2. The van der Waals surface area contributed by atoms with Crippen molar-refractivity contribution in [2.24, 2.45) is 7.05 Å². The van der Waals surface area contributed by atoms with Gasteiger partial charge in [-0.2, -0.15) is 5.10 Å². The molecular weight excluding hydrogens is 204 g/mol. The van der Waals surface area contributed by atoms with Crippen LogP contribution < -0.4 is 0 Å². The minimum atomic E-state index is 1.02. The fourth-order valence-corrected chi connectivity index (χ4v) is 1.07. The third-order valence-corrected chi connectivity index (χ3v) is 1.77. The van der Waals surface area contributed by atoms with Gasteiger partial charge < -0.3 is 0 Å². The molecule has 0 atom stereocenters. The molecule has 0 aliphatic heterocycles. The van der Waals surface area contributed by atoms with Gasteiger partial charge in [-0.3, -0.25) is 4.68 Å². The van der Waals surface area contributed by atoms with Gasteiger partial charge in [0.05, 0.1) is 6.20 Å². The van der Waals surface area contributed by atoms with Gasteiger partial charge in [0.15, 0.2) is 0 Å². The molecule has 0 saturated carbocycles. The van der Waals surface area contributed by atoms with Crippen LogP contribution in [0.25, 0.3) is 6.08 Å². The van der Waals surface area contributed by atoms with Crippen LogP contribution >= 0.6 is 15.9 Å². The molecule has 0 amide bonds. The average Bonchev–Trinajstić information content (AvgIpc) is 2.37. The van der Waals surface area contributed by atoms with Crippen LogP contribution in [0.15, 0.2) is 18.5 Å². The van der Waals surface area contributed by atoms with Crippen molar-refractivity contribution in [3.8, 4) is 0 Å². The summed E-state index contributed by atoms with van der Waals surface area (Å²) in [6.07, 6.45) is 9.12. The smallest absolute Gasteiger partial charge is 0.0562 e. The molecule has 2 nitrogen and oxygen atoms in total. The van der Waals surface area contributed by atoms with E-state index in [2.05, 4.69) is 33.2 Å². The first-order chi connectivity index (χ1) is 5.33. The van der Waals surface area contributed by atoms with Crippen LogP contribution in [0.1, 0.15) is 12.0 Å². The molecular formula is C8H11BrN2. The monoisotopic (exact) mass is 214 g/mol. The fourth-order valence-electron chi connectivity index (χ4n) is 0.809. The molecule has 1 rings (SSSR count). The average molecular weight is 215 g/mol. The van der Waals surface area contributed by atoms with Gasteiger partial charge in [-0.15, -0.1) is 0 Å². The van der Waals surface area contributed by atoms with Crippen LogP contribution in [0.4, 0.5) is 0 Å². The Labute approximate surface area is 75.0 Å². The molecule has 0 fully saturated rings. The molecule has 0 radical (unpaired) electrons. The Morgan fingerprint density at radius 2 is 2.55 bits per heavy atom. The second-order valence-electron chi connectivity index (χ2n) is 2.33. The van der Waals surface area contributed by atoms with Crippen LogP contribution in [0, 0.1) is 0 Å². The Morgan fingerprint density at radius 1 is 1.73 bits per heavy atom. The second kappa shape index (κ2) is 4.34. The molecule has 11 heavy (non-hydrogen) atoms. The third kappa shape index (κ3) is 2.89. The van der Waals surface area contributed by atoms with Crippen molar-refractivity contribution >= 4 is 22.0 Å². The first-order valence-electron chi connectivity index (χ1n) is 3.54. The van der Waals surface area contributed by atoms with E-state index in [-0.39, 0.29) is 0 Å². The number of rotatable bonds is 3. The van der Waals surface area contributed by atoms with Crippen LogP contribution in [0.3, 0.4) is 0 Å². The zero-order valence-corrected chi connectivity index (χ0v) is 8.08. The van der Waals surface area contributed by atoms with Crippen molar-refractivity contribution in [1.82, 2.24) is 9.78 Å². The molecule has 1 heterocycles. The maximum atomic E-state index is 4.05. The van der Waals surface area contributed by atoms with Gasteiger partial charge in [-0.1, -0.05) is 28.1 Å². The molecule has 0 spiro atoms. The van der Waals surface area contributed by atoms with Crippen LogP contribution in [0.2, 0.25) is 0 Å². The van der Waals surface area contributed by atoms with Crippen LogP contribution in [-0.4, -0.2) is 15.1 Å². The Morgan fingerprint density at radius 3 is 3.09 bits per heavy atom. The Bertz CT molecular complexity index is 240. The summed E-state index contributed by atoms with van der Waals surface area (Å²) < 4.78 is 1.80. The SMILES string of the molecule is Cn1cc(/C=C/CCBr)cn1. The maximum Gasteiger partial charge on any atom is 0.0562 e. The number of alkyl halides is 1. The molecule has 0 unspecified atom stereocenters. The summed E-state index contributed by atoms with van der Waals surface area (Å²) >= 11 is 3.36. The van der Waals surface area contributed by atoms with Gasteiger partial charge in [-0.25, -0.2) is 0 Å². The van der Waals surface area contributed by atoms with Crippen molar-refractivity contribution in [3.05, 3.63) is 24.0 Å². The molecule has 0 aliphatic rings. The lowest BCUT2D eigenvalue weighted by Crippen LogP contribution is -1.83. The first-order valence-corrected chi connectivity index (χ1v) is 4.66. The zero-order valence-electron chi connectivity index (χ0n) is 6.50. The predicted molar refractivity (Wildman–Crippen MR) is 50.7 cm³/mol. The van der Waals surface area contributed by atoms with E-state index in [0.717, 1.165) is 17.3 Å². The molecule has 0 saturated heterocycles. The standard InChI is InChI=1S/C8H11BrN2/c1-11-7-8(6-10-11)4-2-3-5-9/h2,4,6-7H,3,5H2,1H3/b4-2+. The summed E-state index contributed by atoms with van der Waals surface area (Å²) in [5.41, 5.74) is 1.16. The molecule has 0 bridgehead atoms. The minimum absolute atomic E-state index is 1.02. The highest BCUT2D eigenvalue weighted by Crippen LogP contribution is 2.00. The Hall–Kier alpha value is -0.570. The number of hydrogen-bond donors (Lipinski definition) is 0. The van der Waals surface area contributed by atoms with Crippen molar-refractivity contribution in [3.63, 3.8) is 0 Å². The molecule has 0 aromatic carbocycles. The van der Waals surface area contributed by atoms with Gasteiger partial charge in [0.2, 0.25) is 0 Å². The number of halogens is 1. The summed E-state index contributed by atoms with van der Waals surface area (Å²) in [5, 5.41) is 5.07. The molecule has 1 aromatic heterocycles. The van der Waals surface area contributed by atoms with Crippen LogP contribution in [0.5, 0.6) is 0 Å². The van der Waals surface area contributed by atoms with Gasteiger partial charge in [0.1, 0.15) is 0 Å². The largest absolute Gasteiger partial charge is 0.275 e. The molecule has 0 N–H and O–H groups in total. The van der Waals surface area contributed by atoms with Gasteiger partial charge in [0, 0.05) is 24.1 Å². The summed E-state index contributed by atoms with van der Waals surface area (Å²) in [4.78, 5) is 0. The van der Waals surface area contributed by atoms with E-state index in [9.17, 15) is 0 Å². The van der Waals surface area contributed by atoms with E-state index >= 15 is 0 Å².